The summed E-state index contributed by atoms with van der Waals surface area (Å²) in [5, 5.41) is 12.7. The van der Waals surface area contributed by atoms with Crippen LogP contribution in [-0.4, -0.2) is 30.5 Å². The summed E-state index contributed by atoms with van der Waals surface area (Å²) in [6.07, 6.45) is 3.25. The number of ether oxygens (including phenoxy) is 2. The second-order valence-electron chi connectivity index (χ2n) is 8.35. The molecule has 2 aromatic carbocycles. The highest BCUT2D eigenvalue weighted by Crippen LogP contribution is 2.38. The van der Waals surface area contributed by atoms with Crippen molar-refractivity contribution in [2.45, 2.75) is 38.5 Å². The molecule has 2 N–H and O–H groups in total. The fourth-order valence-corrected chi connectivity index (χ4v) is 4.32. The Labute approximate surface area is 202 Å². The number of hydrogen-bond donors (Lipinski definition) is 2. The average molecular weight is 482 g/mol. The summed E-state index contributed by atoms with van der Waals surface area (Å²) in [5.74, 6) is -1.65. The summed E-state index contributed by atoms with van der Waals surface area (Å²) < 4.78 is 30.7. The first-order chi connectivity index (χ1) is 17.0. The van der Waals surface area contributed by atoms with E-state index in [2.05, 4.69) is 5.32 Å². The maximum Gasteiger partial charge on any atom is 0.286 e. The number of allylic oxidation sites excluding steroid dienone is 1. The number of carbonyl (C=O) groups excluding carboxylic acids is 1. The molecule has 4 rings (SSSR count). The highest BCUT2D eigenvalue weighted by Gasteiger charge is 2.39. The van der Waals surface area contributed by atoms with Crippen LogP contribution in [0.15, 0.2) is 75.8 Å². The lowest BCUT2D eigenvalue weighted by Gasteiger charge is -2.36. The van der Waals surface area contributed by atoms with E-state index in [9.17, 15) is 19.1 Å². The zero-order valence-corrected chi connectivity index (χ0v) is 19.4. The number of aliphatic hydroxyl groups excluding tert-OH is 1. The van der Waals surface area contributed by atoms with Gasteiger partial charge >= 0.3 is 0 Å². The minimum absolute atomic E-state index is 0.0247. The van der Waals surface area contributed by atoms with Gasteiger partial charge in [0.15, 0.2) is 11.2 Å². The van der Waals surface area contributed by atoms with Crippen LogP contribution in [0.5, 0.6) is 0 Å². The highest BCUT2D eigenvalue weighted by molar-refractivity contribution is 5.91. The number of amides is 1. The van der Waals surface area contributed by atoms with Crippen LogP contribution >= 0.6 is 0 Å². The van der Waals surface area contributed by atoms with Gasteiger partial charge in [-0.15, -0.1) is 0 Å². The highest BCUT2D eigenvalue weighted by atomic mass is 19.1. The molecule has 1 aromatic heterocycles. The fraction of sp³-hybridized carbons (Fsp3) is 0.333. The van der Waals surface area contributed by atoms with Crippen molar-refractivity contribution >= 4 is 16.9 Å². The zero-order valence-electron chi connectivity index (χ0n) is 19.4. The molecule has 0 unspecified atom stereocenters. The molecule has 0 fully saturated rings. The molecule has 0 aliphatic carbocycles. The summed E-state index contributed by atoms with van der Waals surface area (Å²) >= 11 is 0. The Hall–Kier alpha value is -3.49. The van der Waals surface area contributed by atoms with Crippen LogP contribution in [0.1, 0.15) is 36.8 Å². The predicted molar refractivity (Wildman–Crippen MR) is 128 cm³/mol. The van der Waals surface area contributed by atoms with Gasteiger partial charge in [0.2, 0.25) is 6.29 Å². The van der Waals surface area contributed by atoms with Gasteiger partial charge < -0.3 is 24.3 Å². The maximum atomic E-state index is 13.4. The number of fused-ring (bicyclic) bond motifs is 1. The number of halogens is 1. The molecule has 1 aliphatic rings. The molecule has 3 aromatic rings. The van der Waals surface area contributed by atoms with Crippen molar-refractivity contribution in [1.29, 1.82) is 0 Å². The Morgan fingerprint density at radius 1 is 1.17 bits per heavy atom. The molecule has 0 spiro atoms. The third-order valence-corrected chi connectivity index (χ3v) is 6.07. The van der Waals surface area contributed by atoms with E-state index < -0.39 is 18.1 Å². The number of carbonyl (C=O) groups is 1. The summed E-state index contributed by atoms with van der Waals surface area (Å²) in [4.78, 5) is 26.4. The van der Waals surface area contributed by atoms with Gasteiger partial charge in [-0.25, -0.2) is 4.39 Å². The fourth-order valence-electron chi connectivity index (χ4n) is 4.32. The molecule has 0 saturated heterocycles. The van der Waals surface area contributed by atoms with Gasteiger partial charge in [-0.2, -0.15) is 0 Å². The van der Waals surface area contributed by atoms with Gasteiger partial charge in [0.05, 0.1) is 11.6 Å². The zero-order chi connectivity index (χ0) is 24.8. The molecule has 8 heteroatoms. The van der Waals surface area contributed by atoms with E-state index in [1.54, 1.807) is 42.5 Å². The lowest BCUT2D eigenvalue weighted by molar-refractivity contribution is -0.166. The molecule has 3 atom stereocenters. The second kappa shape index (κ2) is 11.3. The second-order valence-corrected chi connectivity index (χ2v) is 8.35. The third kappa shape index (κ3) is 5.61. The van der Waals surface area contributed by atoms with Crippen molar-refractivity contribution in [1.82, 2.24) is 5.32 Å². The van der Waals surface area contributed by atoms with Gasteiger partial charge in [-0.3, -0.25) is 9.59 Å². The molecule has 0 bridgehead atoms. The van der Waals surface area contributed by atoms with Gasteiger partial charge in [-0.05, 0) is 55.7 Å². The van der Waals surface area contributed by atoms with Crippen LogP contribution in [0.2, 0.25) is 0 Å². The van der Waals surface area contributed by atoms with Crippen molar-refractivity contribution < 1.29 is 28.2 Å². The molecular formula is C27H28FNO6. The minimum atomic E-state index is -0.793. The standard InChI is InChI=1S/C27H28FNO6/c1-2-33-27-19(7-5-13-30)21(22-16-34-23-8-4-3-6-20(23)25(22)31)14-24(35-27)26(32)29-15-17-9-11-18(28)12-10-17/h3-4,6,8-12,14,16,19,21,27,30H,2,5,7,13,15H2,1H3,(H,29,32)/t19-,21-,27+/m0/s1. The van der Waals surface area contributed by atoms with Crippen LogP contribution in [0.4, 0.5) is 4.39 Å². The predicted octanol–water partition coefficient (Wildman–Crippen LogP) is 4.00. The smallest absolute Gasteiger partial charge is 0.286 e. The number of benzene rings is 2. The van der Waals surface area contributed by atoms with Gasteiger partial charge in [0.25, 0.3) is 5.91 Å². The SMILES string of the molecule is CCO[C@@H]1OC(C(=O)NCc2ccc(F)cc2)=C[C@H](c2coc3ccccc3c2=O)[C@@H]1CCCO. The minimum Gasteiger partial charge on any atom is -0.464 e. The van der Waals surface area contributed by atoms with Crippen LogP contribution in [0.3, 0.4) is 0 Å². The molecule has 0 saturated carbocycles. The molecule has 35 heavy (non-hydrogen) atoms. The number of rotatable bonds is 9. The van der Waals surface area contributed by atoms with Gasteiger partial charge in [-0.1, -0.05) is 24.3 Å². The quantitative estimate of drug-likeness (QED) is 0.480. The lowest BCUT2D eigenvalue weighted by atomic mass is 9.81. The van der Waals surface area contributed by atoms with Crippen LogP contribution < -0.4 is 10.7 Å². The third-order valence-electron chi connectivity index (χ3n) is 6.07. The first kappa shape index (κ1) is 24.6. The topological polar surface area (TPSA) is 98.0 Å². The monoisotopic (exact) mass is 481 g/mol. The Morgan fingerprint density at radius 2 is 1.94 bits per heavy atom. The Morgan fingerprint density at radius 3 is 2.69 bits per heavy atom. The lowest BCUT2D eigenvalue weighted by Crippen LogP contribution is -2.40. The Bertz CT molecular complexity index is 1250. The van der Waals surface area contributed by atoms with Crippen molar-refractivity contribution in [3.05, 3.63) is 93.8 Å². The Balaban J connectivity index is 1.68. The first-order valence-electron chi connectivity index (χ1n) is 11.7. The van der Waals surface area contributed by atoms with E-state index >= 15 is 0 Å². The van der Waals surface area contributed by atoms with Crippen LogP contribution in [0, 0.1) is 11.7 Å². The van der Waals surface area contributed by atoms with Crippen LogP contribution in [-0.2, 0) is 20.8 Å². The van der Waals surface area contributed by atoms with E-state index in [0.29, 0.717) is 36.0 Å². The van der Waals surface area contributed by atoms with E-state index in [-0.39, 0.29) is 36.1 Å². The molecule has 1 amide bonds. The summed E-state index contributed by atoms with van der Waals surface area (Å²) in [6, 6.07) is 12.8. The van der Waals surface area contributed by atoms with E-state index in [4.69, 9.17) is 13.9 Å². The maximum absolute atomic E-state index is 13.4. The summed E-state index contributed by atoms with van der Waals surface area (Å²) in [6.45, 7) is 2.31. The normalized spacial score (nSPS) is 19.7. The molecule has 1 aliphatic heterocycles. The molecule has 0 radical (unpaired) electrons. The molecule has 2 heterocycles. The molecular weight excluding hydrogens is 453 g/mol. The number of aliphatic hydroxyl groups is 1. The van der Waals surface area contributed by atoms with Crippen molar-refractivity contribution in [2.75, 3.05) is 13.2 Å². The first-order valence-corrected chi connectivity index (χ1v) is 11.7. The van der Waals surface area contributed by atoms with E-state index in [0.717, 1.165) is 5.56 Å². The number of para-hydroxylation sites is 1. The summed E-state index contributed by atoms with van der Waals surface area (Å²) in [7, 11) is 0. The molecule has 184 valence electrons. The van der Waals surface area contributed by atoms with Crippen molar-refractivity contribution in [3.63, 3.8) is 0 Å². The number of nitrogens with one attached hydrogen (secondary N) is 1. The summed E-state index contributed by atoms with van der Waals surface area (Å²) in [5.41, 5.74) is 1.40. The van der Waals surface area contributed by atoms with Crippen LogP contribution in [0.25, 0.3) is 11.0 Å². The molecule has 7 nitrogen and oxygen atoms in total. The Kier molecular flexibility index (Phi) is 7.94. The largest absolute Gasteiger partial charge is 0.464 e. The number of hydrogen-bond acceptors (Lipinski definition) is 6. The van der Waals surface area contributed by atoms with E-state index in [1.165, 1.54) is 18.4 Å². The van der Waals surface area contributed by atoms with Gasteiger partial charge in [0.1, 0.15) is 11.4 Å². The van der Waals surface area contributed by atoms with Crippen molar-refractivity contribution in [3.8, 4) is 0 Å². The van der Waals surface area contributed by atoms with Crippen molar-refractivity contribution in [2.24, 2.45) is 5.92 Å². The van der Waals surface area contributed by atoms with Gasteiger partial charge in [0, 0.05) is 37.2 Å². The average Bonchev–Trinajstić information content (AvgIpc) is 2.87. The van der Waals surface area contributed by atoms with E-state index in [1.807, 2.05) is 6.92 Å².